The standard InChI is InChI=1S/C11H26O4Si3.2CH4/c1-10(2)11(12)13-9-16(3)14-18(7,8)15-17(4,5)6;;/h16H,1,9H2,2-8H3;2*1H4. The van der Waals surface area contributed by atoms with E-state index < -0.39 is 25.9 Å². The SMILES string of the molecule is C.C.C=C(C)C(=O)OC[SiH](C)O[Si](C)(C)O[Si](C)(C)C. The van der Waals surface area contributed by atoms with Crippen LogP contribution in [0.2, 0.25) is 39.3 Å². The van der Waals surface area contributed by atoms with Gasteiger partial charge in [0.25, 0.3) is 0 Å². The molecule has 7 heteroatoms. The lowest BCUT2D eigenvalue weighted by molar-refractivity contribution is -0.137. The highest BCUT2D eigenvalue weighted by Crippen LogP contribution is 2.16. The molecule has 1 unspecified atom stereocenters. The van der Waals surface area contributed by atoms with Gasteiger partial charge < -0.3 is 13.0 Å². The summed E-state index contributed by atoms with van der Waals surface area (Å²) < 4.78 is 17.2. The number of hydrogen-bond donors (Lipinski definition) is 0. The maximum absolute atomic E-state index is 11.3. The lowest BCUT2D eigenvalue weighted by atomic mass is 10.4. The van der Waals surface area contributed by atoms with Crippen molar-refractivity contribution in [2.24, 2.45) is 0 Å². The molecule has 0 aliphatic rings. The predicted molar refractivity (Wildman–Crippen MR) is 95.2 cm³/mol. The van der Waals surface area contributed by atoms with E-state index in [4.69, 9.17) is 13.0 Å². The van der Waals surface area contributed by atoms with E-state index in [0.717, 1.165) is 0 Å². The third kappa shape index (κ3) is 12.8. The van der Waals surface area contributed by atoms with Crippen molar-refractivity contribution in [3.05, 3.63) is 12.2 Å². The maximum atomic E-state index is 11.3. The highest BCUT2D eigenvalue weighted by molar-refractivity contribution is 6.84. The Kier molecular flexibility index (Phi) is 12.0. The monoisotopic (exact) mass is 338 g/mol. The first-order chi connectivity index (χ1) is 7.93. The minimum absolute atomic E-state index is 0. The van der Waals surface area contributed by atoms with Crippen molar-refractivity contribution in [2.75, 3.05) is 6.23 Å². The van der Waals surface area contributed by atoms with Crippen LogP contribution in [-0.2, 0) is 17.8 Å². The fourth-order valence-corrected chi connectivity index (χ4v) is 12.7. The van der Waals surface area contributed by atoms with Crippen LogP contribution in [0.1, 0.15) is 21.8 Å². The molecule has 0 N–H and O–H groups in total. The number of carbonyl (C=O) groups is 1. The second-order valence-corrected chi connectivity index (χ2v) is 16.7. The third-order valence-electron chi connectivity index (χ3n) is 1.83. The molecule has 0 saturated heterocycles. The molecule has 0 rings (SSSR count). The summed E-state index contributed by atoms with van der Waals surface area (Å²) in [5.74, 6) is -0.344. The van der Waals surface area contributed by atoms with E-state index in [1.54, 1.807) is 6.92 Å². The molecular weight excluding hydrogens is 304 g/mol. The van der Waals surface area contributed by atoms with Crippen LogP contribution < -0.4 is 0 Å². The van der Waals surface area contributed by atoms with Gasteiger partial charge in [-0.25, -0.2) is 4.79 Å². The van der Waals surface area contributed by atoms with Gasteiger partial charge in [0.05, 0.1) is 0 Å². The number of ether oxygens (including phenoxy) is 1. The molecule has 0 aromatic rings. The van der Waals surface area contributed by atoms with Gasteiger partial charge in [0.15, 0.2) is 8.32 Å². The minimum atomic E-state index is -2.09. The van der Waals surface area contributed by atoms with Gasteiger partial charge in [0.1, 0.15) is 6.23 Å². The average molecular weight is 339 g/mol. The van der Waals surface area contributed by atoms with Gasteiger partial charge in [-0.05, 0) is 46.2 Å². The van der Waals surface area contributed by atoms with Crippen molar-refractivity contribution >= 4 is 31.9 Å². The van der Waals surface area contributed by atoms with Crippen LogP contribution in [0.25, 0.3) is 0 Å². The molecule has 20 heavy (non-hydrogen) atoms. The largest absolute Gasteiger partial charge is 0.464 e. The van der Waals surface area contributed by atoms with Gasteiger partial charge in [-0.15, -0.1) is 0 Å². The van der Waals surface area contributed by atoms with Crippen molar-refractivity contribution < 1.29 is 17.8 Å². The average Bonchev–Trinajstić information content (AvgIpc) is 2.08. The Labute approximate surface area is 129 Å². The van der Waals surface area contributed by atoms with Crippen molar-refractivity contribution in [3.63, 3.8) is 0 Å². The van der Waals surface area contributed by atoms with E-state index in [9.17, 15) is 4.79 Å². The zero-order chi connectivity index (χ0) is 14.6. The molecule has 0 aromatic heterocycles. The molecule has 0 fully saturated rings. The lowest BCUT2D eigenvalue weighted by Gasteiger charge is -2.33. The highest BCUT2D eigenvalue weighted by Gasteiger charge is 2.33. The molecule has 0 bridgehead atoms. The summed E-state index contributed by atoms with van der Waals surface area (Å²) in [5, 5.41) is 0. The van der Waals surface area contributed by atoms with Crippen molar-refractivity contribution in [1.82, 2.24) is 0 Å². The van der Waals surface area contributed by atoms with Crippen LogP contribution in [0.15, 0.2) is 12.2 Å². The Hall–Kier alpha value is -0.219. The number of hydrogen-bond acceptors (Lipinski definition) is 4. The van der Waals surface area contributed by atoms with Gasteiger partial charge in [-0.2, -0.15) is 0 Å². The van der Waals surface area contributed by atoms with Gasteiger partial charge >= 0.3 is 14.5 Å². The zero-order valence-electron chi connectivity index (χ0n) is 12.6. The first-order valence-electron chi connectivity index (χ1n) is 6.13. The molecule has 0 aliphatic heterocycles. The van der Waals surface area contributed by atoms with Gasteiger partial charge in [0, 0.05) is 5.57 Å². The number of carbonyl (C=O) groups excluding carboxylic acids is 1. The van der Waals surface area contributed by atoms with Crippen LogP contribution in [0, 0.1) is 0 Å². The second-order valence-electron chi connectivity index (χ2n) is 5.92. The summed E-state index contributed by atoms with van der Waals surface area (Å²) in [6.45, 7) is 17.8. The maximum Gasteiger partial charge on any atom is 0.332 e. The summed E-state index contributed by atoms with van der Waals surface area (Å²) in [7, 11) is -5.22. The van der Waals surface area contributed by atoms with E-state index >= 15 is 0 Å². The second kappa shape index (κ2) is 9.67. The van der Waals surface area contributed by atoms with E-state index in [2.05, 4.69) is 39.3 Å². The quantitative estimate of drug-likeness (QED) is 0.402. The highest BCUT2D eigenvalue weighted by atomic mass is 28.5. The van der Waals surface area contributed by atoms with E-state index in [0.29, 0.717) is 11.8 Å². The topological polar surface area (TPSA) is 44.8 Å². The summed E-state index contributed by atoms with van der Waals surface area (Å²) in [6, 6.07) is 0. The lowest BCUT2D eigenvalue weighted by Crippen LogP contribution is -2.48. The Bertz CT molecular complexity index is 311. The smallest absolute Gasteiger partial charge is 0.332 e. The van der Waals surface area contributed by atoms with Crippen molar-refractivity contribution in [2.45, 2.75) is 61.1 Å². The summed E-state index contributed by atoms with van der Waals surface area (Å²) in [4.78, 5) is 11.3. The molecule has 0 saturated carbocycles. The summed E-state index contributed by atoms with van der Waals surface area (Å²) >= 11 is 0. The molecule has 0 amide bonds. The van der Waals surface area contributed by atoms with E-state index in [-0.39, 0.29) is 20.8 Å². The molecule has 0 aliphatic carbocycles. The Balaban J connectivity index is -0.00000144. The zero-order valence-corrected chi connectivity index (χ0v) is 15.8. The van der Waals surface area contributed by atoms with E-state index in [1.807, 2.05) is 6.55 Å². The first kappa shape index (κ1) is 24.8. The van der Waals surface area contributed by atoms with Crippen LogP contribution in [0.5, 0.6) is 0 Å². The number of rotatable bonds is 7. The normalized spacial score (nSPS) is 12.8. The molecule has 0 spiro atoms. The fourth-order valence-electron chi connectivity index (χ4n) is 1.60. The van der Waals surface area contributed by atoms with Crippen molar-refractivity contribution in [3.8, 4) is 0 Å². The molecule has 4 nitrogen and oxygen atoms in total. The van der Waals surface area contributed by atoms with Crippen LogP contribution in [0.4, 0.5) is 0 Å². The molecule has 122 valence electrons. The molecule has 0 heterocycles. The minimum Gasteiger partial charge on any atom is -0.464 e. The molecule has 0 radical (unpaired) electrons. The number of esters is 1. The Morgan fingerprint density at radius 2 is 1.60 bits per heavy atom. The molecule has 1 atom stereocenters. The molecule has 0 aromatic carbocycles. The van der Waals surface area contributed by atoms with Crippen LogP contribution in [0.3, 0.4) is 0 Å². The fraction of sp³-hybridized carbons (Fsp3) is 0.769. The Morgan fingerprint density at radius 3 is 1.95 bits per heavy atom. The summed E-state index contributed by atoms with van der Waals surface area (Å²) in [6.07, 6.45) is 0.372. The predicted octanol–water partition coefficient (Wildman–Crippen LogP) is 3.84. The van der Waals surface area contributed by atoms with Gasteiger partial charge in [-0.3, -0.25) is 0 Å². The van der Waals surface area contributed by atoms with Gasteiger partial charge in [-0.1, -0.05) is 21.4 Å². The molecular formula is C13H34O4Si3. The van der Waals surface area contributed by atoms with Gasteiger partial charge in [0.2, 0.25) is 9.04 Å². The first-order valence-corrected chi connectivity index (χ1v) is 14.8. The van der Waals surface area contributed by atoms with Crippen LogP contribution >= 0.6 is 0 Å². The van der Waals surface area contributed by atoms with Crippen LogP contribution in [-0.4, -0.2) is 38.1 Å². The third-order valence-corrected chi connectivity index (χ3v) is 10.8. The summed E-state index contributed by atoms with van der Waals surface area (Å²) in [5.41, 5.74) is 0.422. The van der Waals surface area contributed by atoms with Crippen molar-refractivity contribution in [1.29, 1.82) is 0 Å². The van der Waals surface area contributed by atoms with E-state index in [1.165, 1.54) is 0 Å². The Morgan fingerprint density at radius 1 is 1.15 bits per heavy atom.